The molecule has 0 unspecified atom stereocenters. The number of rotatable bonds is 4. The summed E-state index contributed by atoms with van der Waals surface area (Å²) in [5.74, 6) is 0.386. The molecule has 2 atom stereocenters. The van der Waals surface area contributed by atoms with Gasteiger partial charge in [-0.2, -0.15) is 0 Å². The highest BCUT2D eigenvalue weighted by atomic mass is 35.5. The van der Waals surface area contributed by atoms with Crippen molar-refractivity contribution in [3.05, 3.63) is 48.0 Å². The lowest BCUT2D eigenvalue weighted by Crippen LogP contribution is -2.42. The lowest BCUT2D eigenvalue weighted by molar-refractivity contribution is -0.126. The topological polar surface area (TPSA) is 41.1 Å². The molecule has 1 amide bonds. The van der Waals surface area contributed by atoms with Crippen LogP contribution in [0.25, 0.3) is 10.8 Å². The molecule has 2 aromatic rings. The van der Waals surface area contributed by atoms with Crippen molar-refractivity contribution < 1.29 is 4.79 Å². The van der Waals surface area contributed by atoms with Gasteiger partial charge in [-0.1, -0.05) is 42.5 Å². The molecule has 0 spiro atoms. The standard InChI is InChI=1S/C19H24N2O.ClH/c1-14-13-17(10-11-20-14)19(22)21-12-9-16-7-4-6-15-5-2-3-8-18(15)16;/h2-8,14,17,20H,9-13H2,1H3,(H,21,22);1H/t14-,17-;/m0./s1. The lowest BCUT2D eigenvalue weighted by atomic mass is 9.92. The molecule has 0 aromatic heterocycles. The highest BCUT2D eigenvalue weighted by Crippen LogP contribution is 2.19. The summed E-state index contributed by atoms with van der Waals surface area (Å²) in [5.41, 5.74) is 1.30. The van der Waals surface area contributed by atoms with Gasteiger partial charge in [-0.05, 0) is 49.1 Å². The first-order valence-electron chi connectivity index (χ1n) is 8.22. The van der Waals surface area contributed by atoms with Crippen LogP contribution in [0, 0.1) is 5.92 Å². The quantitative estimate of drug-likeness (QED) is 0.902. The van der Waals surface area contributed by atoms with Crippen LogP contribution in [0.15, 0.2) is 42.5 Å². The van der Waals surface area contributed by atoms with Crippen LogP contribution in [0.5, 0.6) is 0 Å². The monoisotopic (exact) mass is 332 g/mol. The Hall–Kier alpha value is -1.58. The van der Waals surface area contributed by atoms with Crippen LogP contribution in [0.4, 0.5) is 0 Å². The van der Waals surface area contributed by atoms with E-state index in [1.165, 1.54) is 16.3 Å². The summed E-state index contributed by atoms with van der Waals surface area (Å²) in [7, 11) is 0. The number of amides is 1. The van der Waals surface area contributed by atoms with Crippen molar-refractivity contribution >= 4 is 29.1 Å². The number of carbonyl (C=O) groups is 1. The maximum Gasteiger partial charge on any atom is 0.223 e. The Labute approximate surface area is 144 Å². The van der Waals surface area contributed by atoms with Gasteiger partial charge in [0, 0.05) is 18.5 Å². The maximum absolute atomic E-state index is 12.3. The molecule has 0 radical (unpaired) electrons. The summed E-state index contributed by atoms with van der Waals surface area (Å²) >= 11 is 0. The fourth-order valence-corrected chi connectivity index (χ4v) is 3.35. The minimum absolute atomic E-state index is 0. The molecule has 3 rings (SSSR count). The molecule has 23 heavy (non-hydrogen) atoms. The van der Waals surface area contributed by atoms with E-state index in [-0.39, 0.29) is 24.2 Å². The minimum Gasteiger partial charge on any atom is -0.356 e. The Morgan fingerprint density at radius 1 is 1.22 bits per heavy atom. The summed E-state index contributed by atoms with van der Waals surface area (Å²) < 4.78 is 0. The van der Waals surface area contributed by atoms with Gasteiger partial charge >= 0.3 is 0 Å². The molecule has 2 aromatic carbocycles. The minimum atomic E-state index is 0. The van der Waals surface area contributed by atoms with E-state index in [0.29, 0.717) is 12.6 Å². The number of fused-ring (bicyclic) bond motifs is 1. The second-order valence-corrected chi connectivity index (χ2v) is 6.26. The molecule has 1 saturated heterocycles. The van der Waals surface area contributed by atoms with Crippen molar-refractivity contribution in [2.45, 2.75) is 32.2 Å². The molecule has 0 aliphatic carbocycles. The summed E-state index contributed by atoms with van der Waals surface area (Å²) in [6.07, 6.45) is 2.78. The van der Waals surface area contributed by atoms with Crippen LogP contribution in [-0.4, -0.2) is 25.0 Å². The molecule has 1 aliphatic heterocycles. The normalized spacial score (nSPS) is 20.7. The maximum atomic E-state index is 12.3. The second-order valence-electron chi connectivity index (χ2n) is 6.26. The summed E-state index contributed by atoms with van der Waals surface area (Å²) in [6, 6.07) is 15.2. The molecule has 2 N–H and O–H groups in total. The van der Waals surface area contributed by atoms with Crippen LogP contribution in [0.1, 0.15) is 25.3 Å². The first-order valence-corrected chi connectivity index (χ1v) is 8.22. The predicted octanol–water partition coefficient (Wildman–Crippen LogP) is 3.31. The average Bonchev–Trinajstić information content (AvgIpc) is 2.55. The van der Waals surface area contributed by atoms with Crippen LogP contribution >= 0.6 is 12.4 Å². The van der Waals surface area contributed by atoms with Gasteiger partial charge in [-0.15, -0.1) is 12.4 Å². The SMILES string of the molecule is C[C@H]1C[C@@H](C(=O)NCCc2cccc3ccccc23)CCN1.Cl. The zero-order valence-corrected chi connectivity index (χ0v) is 14.4. The number of benzene rings is 2. The highest BCUT2D eigenvalue weighted by Gasteiger charge is 2.24. The highest BCUT2D eigenvalue weighted by molar-refractivity contribution is 5.86. The first-order chi connectivity index (χ1) is 10.7. The van der Waals surface area contributed by atoms with E-state index in [9.17, 15) is 4.79 Å². The number of hydrogen-bond acceptors (Lipinski definition) is 2. The number of nitrogens with one attached hydrogen (secondary N) is 2. The van der Waals surface area contributed by atoms with Gasteiger partial charge in [-0.3, -0.25) is 4.79 Å². The van der Waals surface area contributed by atoms with Crippen molar-refractivity contribution in [3.8, 4) is 0 Å². The second kappa shape index (κ2) is 8.32. The molecule has 0 bridgehead atoms. The smallest absolute Gasteiger partial charge is 0.223 e. The van der Waals surface area contributed by atoms with Crippen molar-refractivity contribution in [1.82, 2.24) is 10.6 Å². The van der Waals surface area contributed by atoms with Gasteiger partial charge in [0.1, 0.15) is 0 Å². The van der Waals surface area contributed by atoms with Crippen LogP contribution < -0.4 is 10.6 Å². The zero-order valence-electron chi connectivity index (χ0n) is 13.5. The van der Waals surface area contributed by atoms with Crippen molar-refractivity contribution in [1.29, 1.82) is 0 Å². The summed E-state index contributed by atoms with van der Waals surface area (Å²) in [6.45, 7) is 3.81. The van der Waals surface area contributed by atoms with E-state index in [0.717, 1.165) is 25.8 Å². The van der Waals surface area contributed by atoms with Crippen LogP contribution in [-0.2, 0) is 11.2 Å². The number of hydrogen-bond donors (Lipinski definition) is 2. The van der Waals surface area contributed by atoms with E-state index in [1.54, 1.807) is 0 Å². The zero-order chi connectivity index (χ0) is 15.4. The van der Waals surface area contributed by atoms with E-state index in [2.05, 4.69) is 60.0 Å². The molecule has 0 saturated carbocycles. The van der Waals surface area contributed by atoms with Crippen molar-refractivity contribution in [3.63, 3.8) is 0 Å². The van der Waals surface area contributed by atoms with E-state index in [1.807, 2.05) is 0 Å². The van der Waals surface area contributed by atoms with Crippen LogP contribution in [0.3, 0.4) is 0 Å². The number of halogens is 1. The average molecular weight is 333 g/mol. The Morgan fingerprint density at radius 2 is 2.00 bits per heavy atom. The molecule has 4 heteroatoms. The molecule has 1 heterocycles. The third-order valence-electron chi connectivity index (χ3n) is 4.57. The van der Waals surface area contributed by atoms with E-state index >= 15 is 0 Å². The van der Waals surface area contributed by atoms with Gasteiger partial charge < -0.3 is 10.6 Å². The number of carbonyl (C=O) groups excluding carboxylic acids is 1. The van der Waals surface area contributed by atoms with Crippen molar-refractivity contribution in [2.75, 3.05) is 13.1 Å². The molecule has 3 nitrogen and oxygen atoms in total. The fourth-order valence-electron chi connectivity index (χ4n) is 3.35. The van der Waals surface area contributed by atoms with Gasteiger partial charge in [0.15, 0.2) is 0 Å². The lowest BCUT2D eigenvalue weighted by Gasteiger charge is -2.27. The molecule has 124 valence electrons. The van der Waals surface area contributed by atoms with Gasteiger partial charge in [-0.25, -0.2) is 0 Å². The Kier molecular flexibility index (Phi) is 6.43. The van der Waals surface area contributed by atoms with E-state index in [4.69, 9.17) is 0 Å². The number of piperidine rings is 1. The Bertz CT molecular complexity index is 653. The first kappa shape index (κ1) is 17.8. The molecular weight excluding hydrogens is 308 g/mol. The van der Waals surface area contributed by atoms with Crippen LogP contribution in [0.2, 0.25) is 0 Å². The summed E-state index contributed by atoms with van der Waals surface area (Å²) in [5, 5.41) is 9.06. The largest absolute Gasteiger partial charge is 0.356 e. The molecular formula is C19H25ClN2O. The summed E-state index contributed by atoms with van der Waals surface area (Å²) in [4.78, 5) is 12.3. The predicted molar refractivity (Wildman–Crippen MR) is 98.1 cm³/mol. The third kappa shape index (κ3) is 4.46. The Balaban J connectivity index is 0.00000192. The van der Waals surface area contributed by atoms with E-state index < -0.39 is 0 Å². The molecule has 1 fully saturated rings. The van der Waals surface area contributed by atoms with Gasteiger partial charge in [0.2, 0.25) is 5.91 Å². The Morgan fingerprint density at radius 3 is 2.83 bits per heavy atom. The molecule has 1 aliphatic rings. The third-order valence-corrected chi connectivity index (χ3v) is 4.57. The van der Waals surface area contributed by atoms with Gasteiger partial charge in [0.05, 0.1) is 0 Å². The van der Waals surface area contributed by atoms with Crippen molar-refractivity contribution in [2.24, 2.45) is 5.92 Å². The fraction of sp³-hybridized carbons (Fsp3) is 0.421. The van der Waals surface area contributed by atoms with Gasteiger partial charge in [0.25, 0.3) is 0 Å².